The number of amides is 2. The molecule has 1 heterocycles. The molecule has 0 saturated carbocycles. The van der Waals surface area contributed by atoms with Gasteiger partial charge < -0.3 is 4.42 Å². The summed E-state index contributed by atoms with van der Waals surface area (Å²) in [6, 6.07) is 16.9. The quantitative estimate of drug-likeness (QED) is 0.487. The summed E-state index contributed by atoms with van der Waals surface area (Å²) in [7, 11) is 0. The summed E-state index contributed by atoms with van der Waals surface area (Å²) in [6.07, 6.45) is 0. The number of Topliss-reactive ketones (excluding diaryl/α,β-unsaturated/α-hetero) is 1. The number of halogens is 1. The van der Waals surface area contributed by atoms with E-state index in [9.17, 15) is 14.4 Å². The highest BCUT2D eigenvalue weighted by atomic mass is 79.9. The average molecular weight is 427 g/mol. The summed E-state index contributed by atoms with van der Waals surface area (Å²) in [5.74, 6) is -0.535. The lowest BCUT2D eigenvalue weighted by atomic mass is 10.1. The molecule has 2 amide bonds. The molecule has 0 spiro atoms. The minimum Gasteiger partial charge on any atom is -0.451 e. The fourth-order valence-corrected chi connectivity index (χ4v) is 2.84. The first-order chi connectivity index (χ1) is 13.0. The van der Waals surface area contributed by atoms with Crippen LogP contribution in [0.1, 0.15) is 38.2 Å². The van der Waals surface area contributed by atoms with Gasteiger partial charge in [0.25, 0.3) is 5.91 Å². The van der Waals surface area contributed by atoms with E-state index in [0.717, 1.165) is 5.56 Å². The van der Waals surface area contributed by atoms with Gasteiger partial charge in [-0.1, -0.05) is 36.4 Å². The Labute approximate surface area is 163 Å². The van der Waals surface area contributed by atoms with Gasteiger partial charge in [-0.3, -0.25) is 25.2 Å². The molecule has 0 aliphatic heterocycles. The van der Waals surface area contributed by atoms with E-state index < -0.39 is 11.8 Å². The van der Waals surface area contributed by atoms with Crippen molar-refractivity contribution in [2.24, 2.45) is 0 Å². The predicted molar refractivity (Wildman–Crippen MR) is 103 cm³/mol. The van der Waals surface area contributed by atoms with Crippen molar-refractivity contribution in [3.63, 3.8) is 0 Å². The molecule has 0 atom stereocenters. The van der Waals surface area contributed by atoms with Gasteiger partial charge in [-0.2, -0.15) is 0 Å². The minimum absolute atomic E-state index is 0.0261. The van der Waals surface area contributed by atoms with Gasteiger partial charge in [-0.05, 0) is 47.1 Å². The molecule has 3 rings (SSSR count). The molecule has 0 fully saturated rings. The van der Waals surface area contributed by atoms with Crippen molar-refractivity contribution in [3.8, 4) is 11.3 Å². The molecule has 0 unspecified atom stereocenters. The summed E-state index contributed by atoms with van der Waals surface area (Å²) in [5.41, 5.74) is 6.38. The number of rotatable bonds is 4. The van der Waals surface area contributed by atoms with E-state index in [-0.39, 0.29) is 11.5 Å². The van der Waals surface area contributed by atoms with Crippen LogP contribution in [0.3, 0.4) is 0 Å². The van der Waals surface area contributed by atoms with Gasteiger partial charge in [-0.25, -0.2) is 0 Å². The molecule has 0 aliphatic carbocycles. The van der Waals surface area contributed by atoms with Crippen molar-refractivity contribution in [1.29, 1.82) is 0 Å². The molecule has 0 bridgehead atoms. The predicted octanol–water partition coefficient (Wildman–Crippen LogP) is 3.99. The highest BCUT2D eigenvalue weighted by molar-refractivity contribution is 9.10. The number of benzene rings is 2. The molecular weight excluding hydrogens is 412 g/mol. The van der Waals surface area contributed by atoms with Gasteiger partial charge >= 0.3 is 5.91 Å². The van der Waals surface area contributed by atoms with Gasteiger partial charge in [-0.15, -0.1) is 0 Å². The van der Waals surface area contributed by atoms with Crippen LogP contribution < -0.4 is 10.9 Å². The highest BCUT2D eigenvalue weighted by Crippen LogP contribution is 2.22. The molecule has 3 aromatic rings. The Morgan fingerprint density at radius 3 is 2.19 bits per heavy atom. The topological polar surface area (TPSA) is 88.4 Å². The Balaban J connectivity index is 1.65. The van der Waals surface area contributed by atoms with Crippen LogP contribution in [0.5, 0.6) is 0 Å². The largest absolute Gasteiger partial charge is 0.451 e. The van der Waals surface area contributed by atoms with E-state index in [1.165, 1.54) is 13.0 Å². The lowest BCUT2D eigenvalue weighted by Gasteiger charge is -2.07. The highest BCUT2D eigenvalue weighted by Gasteiger charge is 2.15. The number of hydrogen-bond donors (Lipinski definition) is 2. The normalized spacial score (nSPS) is 10.3. The van der Waals surface area contributed by atoms with E-state index in [2.05, 4.69) is 26.8 Å². The smallest absolute Gasteiger partial charge is 0.305 e. The summed E-state index contributed by atoms with van der Waals surface area (Å²) < 4.78 is 6.15. The third-order valence-electron chi connectivity index (χ3n) is 3.81. The fourth-order valence-electron chi connectivity index (χ4n) is 2.37. The van der Waals surface area contributed by atoms with E-state index in [1.807, 2.05) is 0 Å². The zero-order valence-corrected chi connectivity index (χ0v) is 15.9. The summed E-state index contributed by atoms with van der Waals surface area (Å²) in [5, 5.41) is 0. The van der Waals surface area contributed by atoms with Gasteiger partial charge in [0.2, 0.25) is 0 Å². The maximum Gasteiger partial charge on any atom is 0.305 e. The maximum atomic E-state index is 12.2. The zero-order chi connectivity index (χ0) is 19.4. The van der Waals surface area contributed by atoms with Crippen molar-refractivity contribution in [2.75, 3.05) is 0 Å². The third-order valence-corrected chi connectivity index (χ3v) is 4.51. The second-order valence-electron chi connectivity index (χ2n) is 5.69. The number of carbonyl (C=O) groups excluding carboxylic acids is 3. The molecule has 7 heteroatoms. The van der Waals surface area contributed by atoms with Crippen LogP contribution in [0.15, 0.2) is 69.6 Å². The van der Waals surface area contributed by atoms with E-state index >= 15 is 0 Å². The average Bonchev–Trinajstić information content (AvgIpc) is 3.16. The van der Waals surface area contributed by atoms with Gasteiger partial charge in [0.1, 0.15) is 5.76 Å². The first-order valence-electron chi connectivity index (χ1n) is 8.02. The summed E-state index contributed by atoms with van der Waals surface area (Å²) in [4.78, 5) is 35.6. The molecule has 2 N–H and O–H groups in total. The van der Waals surface area contributed by atoms with Crippen molar-refractivity contribution in [2.45, 2.75) is 6.92 Å². The number of hydrogen-bond acceptors (Lipinski definition) is 4. The Morgan fingerprint density at radius 1 is 0.852 bits per heavy atom. The first-order valence-corrected chi connectivity index (χ1v) is 8.81. The zero-order valence-electron chi connectivity index (χ0n) is 14.3. The number of carbonyl (C=O) groups is 3. The Bertz CT molecular complexity index is 1010. The van der Waals surface area contributed by atoms with Crippen LogP contribution in [-0.2, 0) is 0 Å². The van der Waals surface area contributed by atoms with Crippen LogP contribution in [0.2, 0.25) is 0 Å². The molecule has 2 aromatic carbocycles. The van der Waals surface area contributed by atoms with Crippen molar-refractivity contribution in [1.82, 2.24) is 10.9 Å². The lowest BCUT2D eigenvalue weighted by molar-refractivity contribution is 0.0831. The van der Waals surface area contributed by atoms with Gasteiger partial charge in [0.05, 0.1) is 5.56 Å². The van der Waals surface area contributed by atoms with E-state index in [4.69, 9.17) is 4.42 Å². The van der Waals surface area contributed by atoms with Crippen LogP contribution in [0.4, 0.5) is 0 Å². The SMILES string of the molecule is CC(=O)c1ccc(-c2ccc(C(=O)NNC(=O)c3ccccc3Br)o2)cc1. The number of ketones is 1. The van der Waals surface area contributed by atoms with Gasteiger partial charge in [0, 0.05) is 15.6 Å². The Kier molecular flexibility index (Phi) is 5.52. The first kappa shape index (κ1) is 18.6. The monoisotopic (exact) mass is 426 g/mol. The second kappa shape index (κ2) is 8.01. The second-order valence-corrected chi connectivity index (χ2v) is 6.54. The molecule has 27 heavy (non-hydrogen) atoms. The van der Waals surface area contributed by atoms with E-state index in [0.29, 0.717) is 21.4 Å². The number of furan rings is 1. The van der Waals surface area contributed by atoms with Crippen molar-refractivity contribution >= 4 is 33.5 Å². The molecule has 6 nitrogen and oxygen atoms in total. The molecular formula is C20H15BrN2O4. The third kappa shape index (κ3) is 4.32. The summed E-state index contributed by atoms with van der Waals surface area (Å²) in [6.45, 7) is 1.49. The van der Waals surface area contributed by atoms with Gasteiger partial charge in [0.15, 0.2) is 11.5 Å². The minimum atomic E-state index is -0.581. The fraction of sp³-hybridized carbons (Fsp3) is 0.0500. The van der Waals surface area contributed by atoms with Crippen LogP contribution in [0, 0.1) is 0 Å². The van der Waals surface area contributed by atoms with Crippen molar-refractivity contribution < 1.29 is 18.8 Å². The standard InChI is InChI=1S/C20H15BrN2O4/c1-12(24)13-6-8-14(9-7-13)17-10-11-18(27-17)20(26)23-22-19(25)15-4-2-3-5-16(15)21/h2-11H,1H3,(H,22,25)(H,23,26). The Morgan fingerprint density at radius 2 is 1.52 bits per heavy atom. The van der Waals surface area contributed by atoms with E-state index in [1.54, 1.807) is 54.6 Å². The molecule has 136 valence electrons. The van der Waals surface area contributed by atoms with Crippen LogP contribution in [-0.4, -0.2) is 17.6 Å². The van der Waals surface area contributed by atoms with Crippen LogP contribution in [0.25, 0.3) is 11.3 Å². The Hall–Kier alpha value is -3.19. The van der Waals surface area contributed by atoms with Crippen LogP contribution >= 0.6 is 15.9 Å². The van der Waals surface area contributed by atoms with Crippen molar-refractivity contribution in [3.05, 3.63) is 82.0 Å². The molecule has 0 aliphatic rings. The molecule has 1 aromatic heterocycles. The number of hydrazine groups is 1. The number of nitrogens with one attached hydrogen (secondary N) is 2. The molecule has 0 radical (unpaired) electrons. The molecule has 0 saturated heterocycles. The summed E-state index contributed by atoms with van der Waals surface area (Å²) >= 11 is 3.28. The maximum absolute atomic E-state index is 12.2. The lowest BCUT2D eigenvalue weighted by Crippen LogP contribution is -2.41.